The molecule has 0 saturated heterocycles. The first-order valence-electron chi connectivity index (χ1n) is 10.2. The molecule has 150 valence electrons. The van der Waals surface area contributed by atoms with Crippen LogP contribution in [0.15, 0.2) is 60.9 Å². The van der Waals surface area contributed by atoms with Gasteiger partial charge in [0.1, 0.15) is 5.70 Å². The van der Waals surface area contributed by atoms with Crippen molar-refractivity contribution in [3.63, 3.8) is 0 Å². The number of carbonyl (C=O) groups is 2. The van der Waals surface area contributed by atoms with Crippen LogP contribution in [-0.4, -0.2) is 21.4 Å². The zero-order valence-corrected chi connectivity index (χ0v) is 17.2. The number of aromatic nitrogens is 2. The summed E-state index contributed by atoms with van der Waals surface area (Å²) in [6.45, 7) is 6.61. The Balaban J connectivity index is 1.76. The molecule has 0 fully saturated rings. The van der Waals surface area contributed by atoms with E-state index in [0.717, 1.165) is 27.4 Å². The van der Waals surface area contributed by atoms with Gasteiger partial charge in [-0.25, -0.2) is 0 Å². The van der Waals surface area contributed by atoms with Gasteiger partial charge in [-0.05, 0) is 47.1 Å². The molecule has 2 aromatic heterocycles. The average Bonchev–Trinajstić information content (AvgIpc) is 3.41. The van der Waals surface area contributed by atoms with Crippen molar-refractivity contribution < 1.29 is 9.59 Å². The van der Waals surface area contributed by atoms with Crippen molar-refractivity contribution >= 4 is 44.9 Å². The third-order valence-electron chi connectivity index (χ3n) is 6.25. The number of hydrogen-bond donors (Lipinski definition) is 2. The van der Waals surface area contributed by atoms with Crippen molar-refractivity contribution in [1.29, 1.82) is 0 Å². The number of nitrogens with zero attached hydrogens (tertiary/aromatic N) is 1. The van der Waals surface area contributed by atoms with Crippen LogP contribution < -0.4 is 5.32 Å². The van der Waals surface area contributed by atoms with Crippen LogP contribution >= 0.6 is 0 Å². The first-order valence-corrected chi connectivity index (χ1v) is 10.2. The maximum atomic E-state index is 12.9. The minimum absolute atomic E-state index is 0.365. The molecule has 0 radical (unpaired) electrons. The Hall–Kier alpha value is -3.60. The minimum atomic E-state index is -0.377. The average molecular weight is 397 g/mol. The van der Waals surface area contributed by atoms with E-state index in [0.29, 0.717) is 23.1 Å². The summed E-state index contributed by atoms with van der Waals surface area (Å²) in [6.07, 6.45) is 3.67. The molecule has 5 heteroatoms. The number of benzene rings is 2. The van der Waals surface area contributed by atoms with E-state index >= 15 is 0 Å². The Bertz CT molecular complexity index is 1350. The van der Waals surface area contributed by atoms with Crippen LogP contribution in [0.5, 0.6) is 0 Å². The standard InChI is InChI=1S/C25H23N3O2/c1-14(2)15(3)17-8-9-20-18(12-17)19(13-26-20)22-23(25(30)27-24(22)29)28-11-10-16-6-4-5-7-21(16)28/h4-15,26H,1-3H3,(H,27,29,30)/t15-/m1/s1. The number of para-hydroxylation sites is 1. The number of hydrogen-bond acceptors (Lipinski definition) is 2. The van der Waals surface area contributed by atoms with Gasteiger partial charge in [0.15, 0.2) is 0 Å². The highest BCUT2D eigenvalue weighted by Gasteiger charge is 2.34. The molecule has 5 nitrogen and oxygen atoms in total. The maximum Gasteiger partial charge on any atom is 0.275 e. The van der Waals surface area contributed by atoms with E-state index in [-0.39, 0.29) is 11.8 Å². The van der Waals surface area contributed by atoms with Crippen molar-refractivity contribution in [3.05, 3.63) is 72.1 Å². The second-order valence-corrected chi connectivity index (χ2v) is 8.29. The van der Waals surface area contributed by atoms with Crippen LogP contribution in [0.1, 0.15) is 37.8 Å². The fourth-order valence-corrected chi connectivity index (χ4v) is 4.22. The van der Waals surface area contributed by atoms with Gasteiger partial charge < -0.3 is 9.55 Å². The molecular weight excluding hydrogens is 374 g/mol. The Morgan fingerprint density at radius 1 is 0.933 bits per heavy atom. The summed E-state index contributed by atoms with van der Waals surface area (Å²) in [4.78, 5) is 29.0. The first kappa shape index (κ1) is 18.4. The molecule has 0 aliphatic carbocycles. The van der Waals surface area contributed by atoms with Crippen LogP contribution in [-0.2, 0) is 9.59 Å². The largest absolute Gasteiger partial charge is 0.361 e. The highest BCUT2D eigenvalue weighted by molar-refractivity contribution is 6.47. The monoisotopic (exact) mass is 397 g/mol. The second-order valence-electron chi connectivity index (χ2n) is 8.29. The molecule has 2 aromatic carbocycles. The van der Waals surface area contributed by atoms with E-state index < -0.39 is 0 Å². The number of nitrogens with one attached hydrogen (secondary N) is 2. The summed E-state index contributed by atoms with van der Waals surface area (Å²) in [6, 6.07) is 16.1. The molecule has 0 saturated carbocycles. The number of aromatic amines is 1. The lowest BCUT2D eigenvalue weighted by molar-refractivity contribution is -0.122. The van der Waals surface area contributed by atoms with Gasteiger partial charge in [0, 0.05) is 28.9 Å². The van der Waals surface area contributed by atoms with E-state index in [1.807, 2.05) is 53.4 Å². The van der Waals surface area contributed by atoms with E-state index in [9.17, 15) is 9.59 Å². The van der Waals surface area contributed by atoms with E-state index in [4.69, 9.17) is 0 Å². The summed E-state index contributed by atoms with van der Waals surface area (Å²) in [5.74, 6) is 0.147. The summed E-state index contributed by atoms with van der Waals surface area (Å²) >= 11 is 0. The summed E-state index contributed by atoms with van der Waals surface area (Å²) < 4.78 is 1.81. The molecule has 0 bridgehead atoms. The highest BCUT2D eigenvalue weighted by Crippen LogP contribution is 2.36. The zero-order chi connectivity index (χ0) is 21.0. The molecule has 30 heavy (non-hydrogen) atoms. The Morgan fingerprint density at radius 2 is 1.73 bits per heavy atom. The van der Waals surface area contributed by atoms with E-state index in [2.05, 4.69) is 43.2 Å². The number of amides is 2. The third kappa shape index (κ3) is 2.70. The summed E-state index contributed by atoms with van der Waals surface area (Å²) in [7, 11) is 0. The van der Waals surface area contributed by atoms with Crippen molar-refractivity contribution in [1.82, 2.24) is 14.9 Å². The molecule has 5 rings (SSSR count). The molecule has 1 aliphatic heterocycles. The number of imide groups is 1. The van der Waals surface area contributed by atoms with E-state index in [1.54, 1.807) is 0 Å². The lowest BCUT2D eigenvalue weighted by Crippen LogP contribution is -2.23. The Labute approximate surface area is 174 Å². The molecule has 0 unspecified atom stereocenters. The second kappa shape index (κ2) is 6.73. The fourth-order valence-electron chi connectivity index (χ4n) is 4.22. The summed E-state index contributed by atoms with van der Waals surface area (Å²) in [5, 5.41) is 4.46. The predicted molar refractivity (Wildman–Crippen MR) is 120 cm³/mol. The fraction of sp³-hybridized carbons (Fsp3) is 0.200. The maximum absolute atomic E-state index is 12.9. The predicted octanol–water partition coefficient (Wildman–Crippen LogP) is 4.91. The molecule has 2 N–H and O–H groups in total. The van der Waals surface area contributed by atoms with Crippen molar-refractivity contribution in [2.24, 2.45) is 5.92 Å². The van der Waals surface area contributed by atoms with E-state index in [1.165, 1.54) is 5.56 Å². The summed E-state index contributed by atoms with van der Waals surface area (Å²) in [5.41, 5.74) is 4.58. The van der Waals surface area contributed by atoms with Gasteiger partial charge >= 0.3 is 0 Å². The number of fused-ring (bicyclic) bond motifs is 2. The molecule has 4 aromatic rings. The Kier molecular flexibility index (Phi) is 4.13. The highest BCUT2D eigenvalue weighted by atomic mass is 16.2. The number of H-pyrrole nitrogens is 1. The van der Waals surface area contributed by atoms with Gasteiger partial charge in [-0.15, -0.1) is 0 Å². The normalized spacial score (nSPS) is 15.6. The van der Waals surface area contributed by atoms with Gasteiger partial charge in [-0.3, -0.25) is 14.9 Å². The van der Waals surface area contributed by atoms with Crippen LogP contribution in [0.3, 0.4) is 0 Å². The molecule has 3 heterocycles. The smallest absolute Gasteiger partial charge is 0.275 e. The van der Waals surface area contributed by atoms with Gasteiger partial charge in [-0.1, -0.05) is 45.0 Å². The molecular formula is C25H23N3O2. The van der Waals surface area contributed by atoms with Crippen molar-refractivity contribution in [3.8, 4) is 0 Å². The lowest BCUT2D eigenvalue weighted by atomic mass is 9.89. The van der Waals surface area contributed by atoms with Gasteiger partial charge in [-0.2, -0.15) is 0 Å². The van der Waals surface area contributed by atoms with Gasteiger partial charge in [0.2, 0.25) is 0 Å². The Morgan fingerprint density at radius 3 is 2.53 bits per heavy atom. The van der Waals surface area contributed by atoms with Crippen LogP contribution in [0.4, 0.5) is 0 Å². The van der Waals surface area contributed by atoms with Crippen molar-refractivity contribution in [2.75, 3.05) is 0 Å². The zero-order valence-electron chi connectivity index (χ0n) is 17.2. The van der Waals surface area contributed by atoms with Gasteiger partial charge in [0.25, 0.3) is 11.8 Å². The van der Waals surface area contributed by atoms with Crippen molar-refractivity contribution in [2.45, 2.75) is 26.7 Å². The first-order chi connectivity index (χ1) is 14.5. The lowest BCUT2D eigenvalue weighted by Gasteiger charge is -2.16. The minimum Gasteiger partial charge on any atom is -0.361 e. The molecule has 0 spiro atoms. The quantitative estimate of drug-likeness (QED) is 0.481. The number of rotatable bonds is 4. The SMILES string of the molecule is CC(C)[C@@H](C)c1ccc2[nH]cc(C3=C(n4ccc5ccccc54)C(=O)NC3=O)c2c1. The van der Waals surface area contributed by atoms with Crippen LogP contribution in [0.2, 0.25) is 0 Å². The van der Waals surface area contributed by atoms with Gasteiger partial charge in [0.05, 0.1) is 11.1 Å². The number of carbonyl (C=O) groups excluding carboxylic acids is 2. The molecule has 2 amide bonds. The third-order valence-corrected chi connectivity index (χ3v) is 6.25. The van der Waals surface area contributed by atoms with Crippen LogP contribution in [0.25, 0.3) is 33.1 Å². The molecule has 1 aliphatic rings. The molecule has 1 atom stereocenters. The van der Waals surface area contributed by atoms with Crippen LogP contribution in [0, 0.1) is 5.92 Å². The topological polar surface area (TPSA) is 66.9 Å².